The van der Waals surface area contributed by atoms with Crippen LogP contribution in [0.25, 0.3) is 0 Å². The van der Waals surface area contributed by atoms with Gasteiger partial charge in [0, 0.05) is 0 Å². The molecule has 1 N–H and O–H groups in total. The Kier molecular flexibility index (Phi) is 3.75. The average molecular weight is 270 g/mol. The quantitative estimate of drug-likeness (QED) is 0.824. The molecule has 0 saturated heterocycles. The molecular weight excluding hydrogens is 260 g/mol. The third-order valence-electron chi connectivity index (χ3n) is 2.11. The number of tetrazole rings is 1. The van der Waals surface area contributed by atoms with Crippen molar-refractivity contribution in [1.29, 1.82) is 0 Å². The monoisotopic (exact) mass is 270 g/mol. The Bertz CT molecular complexity index is 523. The van der Waals surface area contributed by atoms with Crippen LogP contribution in [0.3, 0.4) is 0 Å². The van der Waals surface area contributed by atoms with Gasteiger partial charge in [-0.25, -0.2) is 4.68 Å². The molecule has 0 aromatic carbocycles. The lowest BCUT2D eigenvalue weighted by Gasteiger charge is -2.02. The van der Waals surface area contributed by atoms with E-state index >= 15 is 0 Å². The molecule has 0 amide bonds. The van der Waals surface area contributed by atoms with Crippen LogP contribution in [0, 0.1) is 6.92 Å². The lowest BCUT2D eigenvalue weighted by molar-refractivity contribution is -0.133. The summed E-state index contributed by atoms with van der Waals surface area (Å²) in [5.74, 6) is -0.917. The molecule has 2 rings (SSSR count). The zero-order chi connectivity index (χ0) is 12.3. The maximum absolute atomic E-state index is 10.5. The minimum Gasteiger partial charge on any atom is -0.481 e. The predicted molar refractivity (Wildman–Crippen MR) is 64.3 cm³/mol. The lowest BCUT2D eigenvalue weighted by atomic mass is 10.2. The van der Waals surface area contributed by atoms with E-state index in [2.05, 4.69) is 20.9 Å². The van der Waals surface area contributed by atoms with Gasteiger partial charge in [0.15, 0.2) is 0 Å². The summed E-state index contributed by atoms with van der Waals surface area (Å²) >= 11 is 2.75. The van der Waals surface area contributed by atoms with E-state index in [0.29, 0.717) is 11.7 Å². The van der Waals surface area contributed by atoms with Gasteiger partial charge < -0.3 is 5.11 Å². The van der Waals surface area contributed by atoms with Gasteiger partial charge in [-0.1, -0.05) is 11.8 Å². The minimum absolute atomic E-state index is 0.0387. The summed E-state index contributed by atoms with van der Waals surface area (Å²) in [7, 11) is 0. The molecule has 2 heterocycles. The number of thioether (sulfide) groups is 1. The Labute approximate surface area is 106 Å². The second kappa shape index (κ2) is 5.28. The maximum atomic E-state index is 10.5. The normalized spacial score (nSPS) is 10.6. The van der Waals surface area contributed by atoms with Crippen molar-refractivity contribution in [3.05, 3.63) is 21.9 Å². The molecule has 90 valence electrons. The van der Waals surface area contributed by atoms with E-state index < -0.39 is 5.97 Å². The van der Waals surface area contributed by atoms with Crippen LogP contribution in [-0.4, -0.2) is 37.0 Å². The van der Waals surface area contributed by atoms with Crippen LogP contribution in [0.2, 0.25) is 0 Å². The summed E-state index contributed by atoms with van der Waals surface area (Å²) in [5, 5.41) is 24.5. The van der Waals surface area contributed by atoms with E-state index in [1.165, 1.54) is 5.56 Å². The molecule has 8 heteroatoms. The first kappa shape index (κ1) is 12.1. The molecule has 0 fully saturated rings. The maximum Gasteiger partial charge on any atom is 0.313 e. The molecule has 0 atom stereocenters. The molecule has 0 saturated carbocycles. The zero-order valence-electron chi connectivity index (χ0n) is 9.03. The molecule has 2 aromatic rings. The number of aryl methyl sites for hydroxylation is 1. The van der Waals surface area contributed by atoms with Crippen molar-refractivity contribution in [3.8, 4) is 0 Å². The number of aliphatic carboxylic acids is 1. The largest absolute Gasteiger partial charge is 0.481 e. The number of carboxylic acids is 1. The number of carbonyl (C=O) groups is 1. The van der Waals surface area contributed by atoms with Crippen molar-refractivity contribution in [2.24, 2.45) is 0 Å². The first-order chi connectivity index (χ1) is 8.16. The Morgan fingerprint density at radius 1 is 1.59 bits per heavy atom. The molecule has 0 aliphatic heterocycles. The highest BCUT2D eigenvalue weighted by molar-refractivity contribution is 7.99. The summed E-state index contributed by atoms with van der Waals surface area (Å²) in [5.41, 5.74) is 2.35. The third kappa shape index (κ3) is 3.04. The Balaban J connectivity index is 2.09. The van der Waals surface area contributed by atoms with Crippen LogP contribution >= 0.6 is 23.1 Å². The Hall–Kier alpha value is -1.41. The number of aromatic nitrogens is 4. The SMILES string of the molecule is Cc1cscc1Cn1nnnc1SCC(=O)O. The van der Waals surface area contributed by atoms with Crippen molar-refractivity contribution < 1.29 is 9.90 Å². The van der Waals surface area contributed by atoms with Gasteiger partial charge in [-0.3, -0.25) is 4.79 Å². The molecule has 0 spiro atoms. The summed E-state index contributed by atoms with van der Waals surface area (Å²) in [6.07, 6.45) is 0. The van der Waals surface area contributed by atoms with Crippen LogP contribution in [0.15, 0.2) is 15.9 Å². The second-order valence-corrected chi connectivity index (χ2v) is 5.07. The molecule has 0 aliphatic carbocycles. The molecule has 17 heavy (non-hydrogen) atoms. The summed E-state index contributed by atoms with van der Waals surface area (Å²) in [6.45, 7) is 2.60. The smallest absolute Gasteiger partial charge is 0.313 e. The first-order valence-corrected chi connectivity index (χ1v) is 6.72. The highest BCUT2D eigenvalue weighted by atomic mass is 32.2. The second-order valence-electron chi connectivity index (χ2n) is 3.38. The molecule has 2 aromatic heterocycles. The predicted octanol–water partition coefficient (Wildman–Crippen LogP) is 1.27. The van der Waals surface area contributed by atoms with Gasteiger partial charge in [0.1, 0.15) is 0 Å². The van der Waals surface area contributed by atoms with Crippen molar-refractivity contribution in [2.75, 3.05) is 5.75 Å². The van der Waals surface area contributed by atoms with Crippen LogP contribution in [0.5, 0.6) is 0 Å². The fourth-order valence-electron chi connectivity index (χ4n) is 1.24. The van der Waals surface area contributed by atoms with Gasteiger partial charge in [-0.05, 0) is 39.2 Å². The minimum atomic E-state index is -0.878. The summed E-state index contributed by atoms with van der Waals surface area (Å²) in [6, 6.07) is 0. The lowest BCUT2D eigenvalue weighted by Crippen LogP contribution is -2.06. The van der Waals surface area contributed by atoms with E-state index in [-0.39, 0.29) is 5.75 Å². The first-order valence-electron chi connectivity index (χ1n) is 4.79. The van der Waals surface area contributed by atoms with Gasteiger partial charge in [-0.15, -0.1) is 5.10 Å². The zero-order valence-corrected chi connectivity index (χ0v) is 10.7. The number of hydrogen-bond donors (Lipinski definition) is 1. The molecule has 0 unspecified atom stereocenters. The topological polar surface area (TPSA) is 80.9 Å². The fourth-order valence-corrected chi connectivity index (χ4v) is 2.68. The molecule has 0 radical (unpaired) electrons. The standard InChI is InChI=1S/C9H10N4O2S2/c1-6-3-16-4-7(6)2-13-9(10-11-12-13)17-5-8(14)15/h3-4H,2,5H2,1H3,(H,14,15). The summed E-state index contributed by atoms with van der Waals surface area (Å²) < 4.78 is 1.61. The third-order valence-corrected chi connectivity index (χ3v) is 3.96. The van der Waals surface area contributed by atoms with Crippen LogP contribution in [0.4, 0.5) is 0 Å². The van der Waals surface area contributed by atoms with Crippen LogP contribution in [-0.2, 0) is 11.3 Å². The van der Waals surface area contributed by atoms with Gasteiger partial charge in [0.2, 0.25) is 5.16 Å². The van der Waals surface area contributed by atoms with Gasteiger partial charge in [-0.2, -0.15) is 11.3 Å². The highest BCUT2D eigenvalue weighted by Gasteiger charge is 2.10. The molecular formula is C9H10N4O2S2. The van der Waals surface area contributed by atoms with E-state index in [4.69, 9.17) is 5.11 Å². The summed E-state index contributed by atoms with van der Waals surface area (Å²) in [4.78, 5) is 10.5. The van der Waals surface area contributed by atoms with E-state index in [9.17, 15) is 4.79 Å². The van der Waals surface area contributed by atoms with Gasteiger partial charge in [0.25, 0.3) is 0 Å². The average Bonchev–Trinajstić information content (AvgIpc) is 2.87. The van der Waals surface area contributed by atoms with Crippen molar-refractivity contribution in [3.63, 3.8) is 0 Å². The van der Waals surface area contributed by atoms with E-state index in [1.54, 1.807) is 16.0 Å². The van der Waals surface area contributed by atoms with E-state index in [1.807, 2.05) is 12.3 Å². The number of hydrogen-bond acceptors (Lipinski definition) is 6. The fraction of sp³-hybridized carbons (Fsp3) is 0.333. The van der Waals surface area contributed by atoms with Crippen LogP contribution < -0.4 is 0 Å². The van der Waals surface area contributed by atoms with Crippen LogP contribution in [0.1, 0.15) is 11.1 Å². The molecule has 0 bridgehead atoms. The Morgan fingerprint density at radius 2 is 2.41 bits per heavy atom. The van der Waals surface area contributed by atoms with Crippen molar-refractivity contribution in [2.45, 2.75) is 18.6 Å². The van der Waals surface area contributed by atoms with Crippen molar-refractivity contribution in [1.82, 2.24) is 20.2 Å². The molecule has 0 aliphatic rings. The van der Waals surface area contributed by atoms with E-state index in [0.717, 1.165) is 17.3 Å². The number of nitrogens with zero attached hydrogens (tertiary/aromatic N) is 4. The van der Waals surface area contributed by atoms with Crippen molar-refractivity contribution >= 4 is 29.1 Å². The number of thiophene rings is 1. The van der Waals surface area contributed by atoms with Gasteiger partial charge in [0.05, 0.1) is 12.3 Å². The molecule has 6 nitrogen and oxygen atoms in total. The van der Waals surface area contributed by atoms with Gasteiger partial charge >= 0.3 is 5.97 Å². The number of rotatable bonds is 5. The Morgan fingerprint density at radius 3 is 3.06 bits per heavy atom. The number of carboxylic acid groups (broad SMARTS) is 1. The highest BCUT2D eigenvalue weighted by Crippen LogP contribution is 2.18.